The lowest BCUT2D eigenvalue weighted by molar-refractivity contribution is -0.0721. The van der Waals surface area contributed by atoms with Crippen LogP contribution in [0.1, 0.15) is 43.9 Å². The number of hydrogen-bond donors (Lipinski definition) is 1. The Kier molecular flexibility index (Phi) is 4.19. The molecule has 0 bridgehead atoms. The number of aliphatic hydroxyl groups excluding tert-OH is 1. The van der Waals surface area contributed by atoms with E-state index in [-0.39, 0.29) is 12.2 Å². The molecule has 1 aromatic rings. The van der Waals surface area contributed by atoms with Crippen LogP contribution in [0.25, 0.3) is 0 Å². The third-order valence-electron chi connectivity index (χ3n) is 3.87. The average molecular weight is 234 g/mol. The minimum atomic E-state index is -0.383. The van der Waals surface area contributed by atoms with Crippen molar-refractivity contribution in [2.45, 2.75) is 45.3 Å². The van der Waals surface area contributed by atoms with Gasteiger partial charge in [-0.15, -0.1) is 0 Å². The van der Waals surface area contributed by atoms with Crippen LogP contribution in [-0.4, -0.2) is 17.8 Å². The summed E-state index contributed by atoms with van der Waals surface area (Å²) in [6, 6.07) is 8.32. The summed E-state index contributed by atoms with van der Waals surface area (Å²) in [6.07, 6.45) is 2.44. The molecule has 1 aromatic carbocycles. The standard InChI is InChI=1S/C15H22O2/c1-3-11(4-2)14(16)15-13-8-6-5-7-12(13)9-10-17-15/h5-8,11,14-16H,3-4,9-10H2,1-2H3. The molecule has 2 nitrogen and oxygen atoms in total. The molecule has 2 heteroatoms. The zero-order valence-corrected chi connectivity index (χ0v) is 10.7. The van der Waals surface area contributed by atoms with E-state index in [4.69, 9.17) is 4.74 Å². The monoisotopic (exact) mass is 234 g/mol. The maximum Gasteiger partial charge on any atom is 0.109 e. The summed E-state index contributed by atoms with van der Waals surface area (Å²) in [6.45, 7) is 4.98. The van der Waals surface area contributed by atoms with Crippen LogP contribution in [0.4, 0.5) is 0 Å². The molecule has 1 aliphatic rings. The highest BCUT2D eigenvalue weighted by molar-refractivity contribution is 5.31. The summed E-state index contributed by atoms with van der Waals surface area (Å²) < 4.78 is 5.80. The van der Waals surface area contributed by atoms with Gasteiger partial charge in [0.05, 0.1) is 12.7 Å². The van der Waals surface area contributed by atoms with Gasteiger partial charge < -0.3 is 9.84 Å². The molecule has 17 heavy (non-hydrogen) atoms. The summed E-state index contributed by atoms with van der Waals surface area (Å²) in [5.41, 5.74) is 2.51. The molecule has 0 aliphatic carbocycles. The van der Waals surface area contributed by atoms with Gasteiger partial charge in [-0.25, -0.2) is 0 Å². The summed E-state index contributed by atoms with van der Waals surface area (Å²) in [7, 11) is 0. The number of hydrogen-bond acceptors (Lipinski definition) is 2. The molecule has 2 rings (SSSR count). The van der Waals surface area contributed by atoms with Crippen molar-refractivity contribution < 1.29 is 9.84 Å². The lowest BCUT2D eigenvalue weighted by Gasteiger charge is -2.33. The summed E-state index contributed by atoms with van der Waals surface area (Å²) in [5.74, 6) is 0.325. The van der Waals surface area contributed by atoms with Crippen LogP contribution < -0.4 is 0 Å². The Labute approximate surface area is 104 Å². The van der Waals surface area contributed by atoms with Crippen LogP contribution >= 0.6 is 0 Å². The third-order valence-corrected chi connectivity index (χ3v) is 3.87. The fourth-order valence-corrected chi connectivity index (χ4v) is 2.73. The van der Waals surface area contributed by atoms with Crippen LogP contribution in [0.15, 0.2) is 24.3 Å². The fraction of sp³-hybridized carbons (Fsp3) is 0.600. The Morgan fingerprint density at radius 3 is 2.71 bits per heavy atom. The van der Waals surface area contributed by atoms with Gasteiger partial charge in [0.2, 0.25) is 0 Å². The van der Waals surface area contributed by atoms with E-state index >= 15 is 0 Å². The number of rotatable bonds is 4. The molecule has 0 amide bonds. The van der Waals surface area contributed by atoms with E-state index < -0.39 is 0 Å². The Hall–Kier alpha value is -0.860. The molecule has 2 unspecified atom stereocenters. The van der Waals surface area contributed by atoms with Crippen molar-refractivity contribution in [3.63, 3.8) is 0 Å². The van der Waals surface area contributed by atoms with Crippen molar-refractivity contribution in [2.24, 2.45) is 5.92 Å². The fourth-order valence-electron chi connectivity index (χ4n) is 2.73. The second-order valence-electron chi connectivity index (χ2n) is 4.81. The van der Waals surface area contributed by atoms with Crippen LogP contribution in [0.2, 0.25) is 0 Å². The first kappa shape index (κ1) is 12.6. The van der Waals surface area contributed by atoms with Crippen molar-refractivity contribution in [3.05, 3.63) is 35.4 Å². The molecule has 0 aromatic heterocycles. The van der Waals surface area contributed by atoms with Gasteiger partial charge in [0, 0.05) is 0 Å². The van der Waals surface area contributed by atoms with Gasteiger partial charge in [0.15, 0.2) is 0 Å². The second-order valence-corrected chi connectivity index (χ2v) is 4.81. The zero-order chi connectivity index (χ0) is 12.3. The number of aliphatic hydroxyl groups is 1. The minimum Gasteiger partial charge on any atom is -0.390 e. The Balaban J connectivity index is 2.23. The van der Waals surface area contributed by atoms with Gasteiger partial charge in [-0.2, -0.15) is 0 Å². The van der Waals surface area contributed by atoms with Gasteiger partial charge in [-0.1, -0.05) is 51.0 Å². The van der Waals surface area contributed by atoms with E-state index in [1.165, 1.54) is 11.1 Å². The number of benzene rings is 1. The average Bonchev–Trinajstić information content (AvgIpc) is 2.39. The highest BCUT2D eigenvalue weighted by Gasteiger charge is 2.31. The summed E-state index contributed by atoms with van der Waals surface area (Å²) in [5, 5.41) is 10.5. The van der Waals surface area contributed by atoms with Crippen molar-refractivity contribution in [3.8, 4) is 0 Å². The lowest BCUT2D eigenvalue weighted by atomic mass is 9.86. The van der Waals surface area contributed by atoms with E-state index in [0.717, 1.165) is 25.9 Å². The first-order valence-electron chi connectivity index (χ1n) is 6.65. The van der Waals surface area contributed by atoms with E-state index in [0.29, 0.717) is 5.92 Å². The summed E-state index contributed by atoms with van der Waals surface area (Å²) in [4.78, 5) is 0. The number of fused-ring (bicyclic) bond motifs is 1. The largest absolute Gasteiger partial charge is 0.390 e. The molecule has 0 saturated carbocycles. The van der Waals surface area contributed by atoms with E-state index in [1.54, 1.807) is 0 Å². The highest BCUT2D eigenvalue weighted by atomic mass is 16.5. The Bertz CT molecular complexity index is 358. The second kappa shape index (κ2) is 5.65. The molecule has 1 heterocycles. The van der Waals surface area contributed by atoms with Crippen LogP contribution in [0.5, 0.6) is 0 Å². The van der Waals surface area contributed by atoms with Gasteiger partial charge in [0.1, 0.15) is 6.10 Å². The quantitative estimate of drug-likeness (QED) is 0.867. The molecule has 0 spiro atoms. The normalized spacial score (nSPS) is 21.3. The van der Waals surface area contributed by atoms with E-state index in [9.17, 15) is 5.11 Å². The van der Waals surface area contributed by atoms with Crippen molar-refractivity contribution >= 4 is 0 Å². The molecular weight excluding hydrogens is 212 g/mol. The molecule has 0 fully saturated rings. The first-order chi connectivity index (χ1) is 8.27. The van der Waals surface area contributed by atoms with E-state index in [2.05, 4.69) is 32.0 Å². The Morgan fingerprint density at radius 1 is 1.29 bits per heavy atom. The van der Waals surface area contributed by atoms with Crippen molar-refractivity contribution in [1.82, 2.24) is 0 Å². The molecule has 0 saturated heterocycles. The molecular formula is C15H22O2. The highest BCUT2D eigenvalue weighted by Crippen LogP contribution is 2.34. The topological polar surface area (TPSA) is 29.5 Å². The zero-order valence-electron chi connectivity index (χ0n) is 10.7. The van der Waals surface area contributed by atoms with E-state index in [1.807, 2.05) is 6.07 Å². The molecule has 2 atom stereocenters. The third kappa shape index (κ3) is 2.53. The minimum absolute atomic E-state index is 0.134. The number of ether oxygens (including phenoxy) is 1. The SMILES string of the molecule is CCC(CC)C(O)C1OCCc2ccccc21. The maximum absolute atomic E-state index is 10.5. The predicted molar refractivity (Wildman–Crippen MR) is 68.9 cm³/mol. The van der Waals surface area contributed by atoms with Gasteiger partial charge >= 0.3 is 0 Å². The van der Waals surface area contributed by atoms with Crippen LogP contribution in [0, 0.1) is 5.92 Å². The van der Waals surface area contributed by atoms with Crippen molar-refractivity contribution in [2.75, 3.05) is 6.61 Å². The van der Waals surface area contributed by atoms with Crippen LogP contribution in [-0.2, 0) is 11.2 Å². The Morgan fingerprint density at radius 2 is 2.00 bits per heavy atom. The molecule has 94 valence electrons. The van der Waals surface area contributed by atoms with Gasteiger partial charge in [-0.05, 0) is 23.5 Å². The first-order valence-corrected chi connectivity index (χ1v) is 6.65. The van der Waals surface area contributed by atoms with Crippen molar-refractivity contribution in [1.29, 1.82) is 0 Å². The molecule has 0 radical (unpaired) electrons. The maximum atomic E-state index is 10.5. The predicted octanol–water partition coefficient (Wildman–Crippen LogP) is 3.10. The molecule has 1 N–H and O–H groups in total. The smallest absolute Gasteiger partial charge is 0.109 e. The van der Waals surface area contributed by atoms with Gasteiger partial charge in [-0.3, -0.25) is 0 Å². The summed E-state index contributed by atoms with van der Waals surface area (Å²) >= 11 is 0. The molecule has 1 aliphatic heterocycles. The van der Waals surface area contributed by atoms with Gasteiger partial charge in [0.25, 0.3) is 0 Å². The van der Waals surface area contributed by atoms with Crippen LogP contribution in [0.3, 0.4) is 0 Å². The lowest BCUT2D eigenvalue weighted by Crippen LogP contribution is -2.32.